The molecule has 0 unspecified atom stereocenters. The topological polar surface area (TPSA) is 105 Å². The highest BCUT2D eigenvalue weighted by Gasteiger charge is 2.28. The van der Waals surface area contributed by atoms with Crippen LogP contribution in [-0.2, 0) is 27.8 Å². The van der Waals surface area contributed by atoms with Gasteiger partial charge in [-0.2, -0.15) is 0 Å². The van der Waals surface area contributed by atoms with E-state index >= 15 is 0 Å². The van der Waals surface area contributed by atoms with Gasteiger partial charge in [-0.05, 0) is 22.6 Å². The molecule has 1 aliphatic rings. The van der Waals surface area contributed by atoms with Gasteiger partial charge >= 0.3 is 6.03 Å². The molecule has 0 radical (unpaired) electrons. The highest BCUT2D eigenvalue weighted by atomic mass is 32.2. The molecule has 3 N–H and O–H groups in total. The molecule has 2 amide bonds. The van der Waals surface area contributed by atoms with Crippen LogP contribution < -0.4 is 10.6 Å². The number of nitrogens with two attached hydrogens (primary N) is 1. The van der Waals surface area contributed by atoms with E-state index in [1.54, 1.807) is 23.1 Å². The number of carbonyl (C=O) groups excluding carboxylic acids is 1. The molecule has 0 bridgehead atoms. The molecular formula is C23H26N4O4S. The van der Waals surface area contributed by atoms with Crippen molar-refractivity contribution in [1.29, 1.82) is 0 Å². The van der Waals surface area contributed by atoms with E-state index in [0.29, 0.717) is 38.2 Å². The van der Waals surface area contributed by atoms with Crippen molar-refractivity contribution in [3.63, 3.8) is 0 Å². The van der Waals surface area contributed by atoms with E-state index in [2.05, 4.69) is 4.83 Å². The van der Waals surface area contributed by atoms with Gasteiger partial charge in [0.1, 0.15) is 0 Å². The van der Waals surface area contributed by atoms with Gasteiger partial charge in [-0.15, -0.1) is 4.83 Å². The van der Waals surface area contributed by atoms with E-state index in [1.807, 2.05) is 42.5 Å². The second kappa shape index (κ2) is 9.66. The average molecular weight is 455 g/mol. The Bertz CT molecular complexity index is 1190. The van der Waals surface area contributed by atoms with Crippen LogP contribution in [0.2, 0.25) is 0 Å². The molecule has 4 rings (SSSR count). The predicted octanol–water partition coefficient (Wildman–Crippen LogP) is 2.45. The lowest BCUT2D eigenvalue weighted by atomic mass is 10.1. The molecule has 3 aromatic rings. The van der Waals surface area contributed by atoms with Crippen LogP contribution in [0, 0.1) is 0 Å². The number of hydrogen-bond acceptors (Lipinski definition) is 5. The summed E-state index contributed by atoms with van der Waals surface area (Å²) in [4.78, 5) is 17.5. The fraction of sp³-hybridized carbons (Fsp3) is 0.261. The lowest BCUT2D eigenvalue weighted by Gasteiger charge is -2.33. The molecule has 1 fully saturated rings. The molecule has 3 aromatic carbocycles. The first-order chi connectivity index (χ1) is 15.5. The van der Waals surface area contributed by atoms with Gasteiger partial charge in [0.05, 0.1) is 24.7 Å². The summed E-state index contributed by atoms with van der Waals surface area (Å²) in [5, 5.41) is 2.55. The van der Waals surface area contributed by atoms with Crippen molar-refractivity contribution in [3.05, 3.63) is 77.9 Å². The number of morpholine rings is 1. The first kappa shape index (κ1) is 22.2. The molecule has 0 aromatic heterocycles. The van der Waals surface area contributed by atoms with Gasteiger partial charge in [-0.1, -0.05) is 60.7 Å². The van der Waals surface area contributed by atoms with Crippen molar-refractivity contribution in [2.75, 3.05) is 26.3 Å². The minimum absolute atomic E-state index is 0.0744. The van der Waals surface area contributed by atoms with Crippen LogP contribution in [0.4, 0.5) is 4.79 Å². The molecule has 0 aliphatic carbocycles. The summed E-state index contributed by atoms with van der Waals surface area (Å²) in [7, 11) is -4.03. The second-order valence-electron chi connectivity index (χ2n) is 7.56. The van der Waals surface area contributed by atoms with Crippen LogP contribution in [0.15, 0.2) is 71.6 Å². The number of sulfonamides is 1. The molecule has 9 heteroatoms. The quantitative estimate of drug-likeness (QED) is 0.557. The standard InChI is InChI=1S/C23H26N4O4S/c24-16-18-8-10-19(11-9-18)17-27(23(28)26-12-14-31-15-13-26)25-32(29,30)22-7-3-5-20-4-1-2-6-21(20)22/h1-11,25H,12-17,24H2. The van der Waals surface area contributed by atoms with Crippen molar-refractivity contribution in [3.8, 4) is 0 Å². The van der Waals surface area contributed by atoms with E-state index in [0.717, 1.165) is 21.5 Å². The number of rotatable bonds is 6. The van der Waals surface area contributed by atoms with E-state index in [4.69, 9.17) is 10.5 Å². The number of nitrogens with one attached hydrogen (secondary N) is 1. The van der Waals surface area contributed by atoms with Crippen LogP contribution in [0.1, 0.15) is 11.1 Å². The van der Waals surface area contributed by atoms with Crippen LogP contribution in [0.25, 0.3) is 10.8 Å². The predicted molar refractivity (Wildman–Crippen MR) is 122 cm³/mol. The number of hydrogen-bond donors (Lipinski definition) is 2. The van der Waals surface area contributed by atoms with Crippen molar-refractivity contribution in [2.24, 2.45) is 5.73 Å². The van der Waals surface area contributed by atoms with Crippen molar-refractivity contribution < 1.29 is 17.9 Å². The summed E-state index contributed by atoms with van der Waals surface area (Å²) in [6, 6.07) is 19.3. The van der Waals surface area contributed by atoms with E-state index in [-0.39, 0.29) is 11.4 Å². The molecule has 1 heterocycles. The lowest BCUT2D eigenvalue weighted by Crippen LogP contribution is -2.54. The molecule has 168 valence electrons. The molecule has 32 heavy (non-hydrogen) atoms. The lowest BCUT2D eigenvalue weighted by molar-refractivity contribution is 0.0404. The highest BCUT2D eigenvalue weighted by Crippen LogP contribution is 2.23. The number of hydrazine groups is 1. The zero-order chi connectivity index (χ0) is 22.6. The molecule has 8 nitrogen and oxygen atoms in total. The third kappa shape index (κ3) is 4.91. The first-order valence-electron chi connectivity index (χ1n) is 10.4. The Hall–Kier alpha value is -2.98. The number of carbonyl (C=O) groups is 1. The summed E-state index contributed by atoms with van der Waals surface area (Å²) >= 11 is 0. The van der Waals surface area contributed by atoms with E-state index in [1.165, 1.54) is 6.07 Å². The Morgan fingerprint density at radius 1 is 0.969 bits per heavy atom. The van der Waals surface area contributed by atoms with Gasteiger partial charge in [0, 0.05) is 25.0 Å². The van der Waals surface area contributed by atoms with Crippen LogP contribution in [-0.4, -0.2) is 50.7 Å². The summed E-state index contributed by atoms with van der Waals surface area (Å²) in [5.74, 6) is 0. The SMILES string of the molecule is NCc1ccc(CN(NS(=O)(=O)c2cccc3ccccc23)C(=O)N2CCOCC2)cc1. The zero-order valence-electron chi connectivity index (χ0n) is 17.6. The number of nitrogens with zero attached hydrogens (tertiary/aromatic N) is 2. The smallest absolute Gasteiger partial charge is 0.335 e. The fourth-order valence-electron chi connectivity index (χ4n) is 3.65. The van der Waals surface area contributed by atoms with Crippen LogP contribution in [0.3, 0.4) is 0 Å². The molecular weight excluding hydrogens is 428 g/mol. The molecule has 0 saturated carbocycles. The highest BCUT2D eigenvalue weighted by molar-refractivity contribution is 7.89. The van der Waals surface area contributed by atoms with Crippen molar-refractivity contribution >= 4 is 26.8 Å². The van der Waals surface area contributed by atoms with Crippen LogP contribution in [0.5, 0.6) is 0 Å². The number of benzene rings is 3. The van der Waals surface area contributed by atoms with Crippen molar-refractivity contribution in [1.82, 2.24) is 14.7 Å². The monoisotopic (exact) mass is 454 g/mol. The molecule has 0 spiro atoms. The second-order valence-corrected chi connectivity index (χ2v) is 9.19. The maximum Gasteiger partial charge on any atom is 0.335 e. The first-order valence-corrected chi connectivity index (χ1v) is 11.9. The minimum atomic E-state index is -4.03. The molecule has 1 aliphatic heterocycles. The van der Waals surface area contributed by atoms with Gasteiger partial charge < -0.3 is 15.4 Å². The van der Waals surface area contributed by atoms with Gasteiger partial charge in [-0.3, -0.25) is 0 Å². The van der Waals surface area contributed by atoms with Gasteiger partial charge in [0.15, 0.2) is 0 Å². The Balaban J connectivity index is 1.65. The average Bonchev–Trinajstić information content (AvgIpc) is 2.83. The van der Waals surface area contributed by atoms with Crippen molar-refractivity contribution in [2.45, 2.75) is 18.0 Å². The third-order valence-corrected chi connectivity index (χ3v) is 6.78. The number of urea groups is 1. The minimum Gasteiger partial charge on any atom is -0.378 e. The van der Waals surface area contributed by atoms with Gasteiger partial charge in [-0.25, -0.2) is 18.2 Å². The van der Waals surface area contributed by atoms with Gasteiger partial charge in [0.25, 0.3) is 10.0 Å². The summed E-state index contributed by atoms with van der Waals surface area (Å²) in [6.45, 7) is 2.12. The van der Waals surface area contributed by atoms with E-state index in [9.17, 15) is 13.2 Å². The normalized spacial score (nSPS) is 14.5. The number of amides is 2. The largest absolute Gasteiger partial charge is 0.378 e. The molecule has 1 saturated heterocycles. The molecule has 0 atom stereocenters. The Morgan fingerprint density at radius 2 is 1.62 bits per heavy atom. The summed E-state index contributed by atoms with van der Waals surface area (Å²) in [6.07, 6.45) is 0. The third-order valence-electron chi connectivity index (χ3n) is 5.38. The maximum atomic E-state index is 13.4. The summed E-state index contributed by atoms with van der Waals surface area (Å²) in [5.41, 5.74) is 7.40. The van der Waals surface area contributed by atoms with E-state index < -0.39 is 16.1 Å². The number of fused-ring (bicyclic) bond motifs is 1. The Labute approximate surface area is 187 Å². The Morgan fingerprint density at radius 3 is 2.34 bits per heavy atom. The van der Waals surface area contributed by atoms with Gasteiger partial charge in [0.2, 0.25) is 0 Å². The van der Waals surface area contributed by atoms with Crippen LogP contribution >= 0.6 is 0 Å². The zero-order valence-corrected chi connectivity index (χ0v) is 18.4. The summed E-state index contributed by atoms with van der Waals surface area (Å²) < 4.78 is 32.1. The fourth-order valence-corrected chi connectivity index (χ4v) is 4.92. The number of ether oxygens (including phenoxy) is 1. The Kier molecular flexibility index (Phi) is 6.71. The maximum absolute atomic E-state index is 13.4.